The van der Waals surface area contributed by atoms with Gasteiger partial charge in [0.15, 0.2) is 0 Å². The molecule has 1 fully saturated rings. The number of nitrogens with zero attached hydrogens (tertiary/aromatic N) is 1. The molecule has 0 saturated heterocycles. The molecule has 0 bridgehead atoms. The van der Waals surface area contributed by atoms with Gasteiger partial charge in [-0.3, -0.25) is 9.69 Å². The smallest absolute Gasteiger partial charge is 0.311 e. The van der Waals surface area contributed by atoms with Crippen molar-refractivity contribution in [3.05, 3.63) is 71.8 Å². The lowest BCUT2D eigenvalue weighted by Crippen LogP contribution is -2.43. The Balaban J connectivity index is 1.87. The minimum absolute atomic E-state index is 0.0478. The van der Waals surface area contributed by atoms with Crippen molar-refractivity contribution < 1.29 is 9.53 Å². The van der Waals surface area contributed by atoms with E-state index < -0.39 is 5.60 Å². The summed E-state index contributed by atoms with van der Waals surface area (Å²) < 4.78 is 5.77. The molecule has 3 nitrogen and oxygen atoms in total. The predicted octanol–water partition coefficient (Wildman–Crippen LogP) is 5.76. The molecule has 3 atom stereocenters. The van der Waals surface area contributed by atoms with Gasteiger partial charge >= 0.3 is 5.97 Å². The van der Waals surface area contributed by atoms with Crippen molar-refractivity contribution in [3.63, 3.8) is 0 Å². The van der Waals surface area contributed by atoms with Crippen molar-refractivity contribution in [3.8, 4) is 0 Å². The fraction of sp³-hybridized carbons (Fsp3) is 0.480. The molecule has 0 N–H and O–H groups in total. The van der Waals surface area contributed by atoms with Crippen molar-refractivity contribution in [1.29, 1.82) is 0 Å². The van der Waals surface area contributed by atoms with Crippen LogP contribution in [-0.2, 0) is 16.1 Å². The lowest BCUT2D eigenvalue weighted by molar-refractivity contribution is -0.162. The molecule has 3 rings (SSSR count). The zero-order valence-corrected chi connectivity index (χ0v) is 17.6. The van der Waals surface area contributed by atoms with E-state index >= 15 is 0 Å². The average Bonchev–Trinajstić information content (AvgIpc) is 3.15. The minimum Gasteiger partial charge on any atom is -0.460 e. The first-order valence-corrected chi connectivity index (χ1v) is 10.4. The Bertz CT molecular complexity index is 751. The van der Waals surface area contributed by atoms with Crippen LogP contribution in [0.4, 0.5) is 0 Å². The molecular formula is C25H33NO2. The van der Waals surface area contributed by atoms with Gasteiger partial charge in [-0.25, -0.2) is 0 Å². The Morgan fingerprint density at radius 2 is 1.64 bits per heavy atom. The first kappa shape index (κ1) is 20.6. The highest BCUT2D eigenvalue weighted by atomic mass is 16.6. The first-order chi connectivity index (χ1) is 13.3. The number of hydrogen-bond donors (Lipinski definition) is 0. The van der Waals surface area contributed by atoms with Gasteiger partial charge in [0.1, 0.15) is 5.60 Å². The molecule has 2 aromatic carbocycles. The summed E-state index contributed by atoms with van der Waals surface area (Å²) in [5.41, 5.74) is 2.12. The number of esters is 1. The minimum atomic E-state index is -0.445. The maximum atomic E-state index is 12.9. The first-order valence-electron chi connectivity index (χ1n) is 10.4. The van der Waals surface area contributed by atoms with E-state index in [0.717, 1.165) is 25.8 Å². The van der Waals surface area contributed by atoms with Gasteiger partial charge in [0.05, 0.1) is 5.92 Å². The molecular weight excluding hydrogens is 346 g/mol. The summed E-state index contributed by atoms with van der Waals surface area (Å²) in [4.78, 5) is 15.4. The van der Waals surface area contributed by atoms with Gasteiger partial charge in [0.2, 0.25) is 0 Å². The Kier molecular flexibility index (Phi) is 6.56. The normalized spacial score (nSPS) is 20.9. The second-order valence-corrected chi connectivity index (χ2v) is 8.88. The summed E-state index contributed by atoms with van der Waals surface area (Å²) in [7, 11) is 0. The van der Waals surface area contributed by atoms with E-state index in [0.29, 0.717) is 0 Å². The van der Waals surface area contributed by atoms with Crippen LogP contribution in [0.3, 0.4) is 0 Å². The number of benzene rings is 2. The Morgan fingerprint density at radius 3 is 2.25 bits per heavy atom. The number of hydrogen-bond acceptors (Lipinski definition) is 3. The van der Waals surface area contributed by atoms with Crippen LogP contribution in [0, 0.1) is 5.92 Å². The Morgan fingerprint density at radius 1 is 1.04 bits per heavy atom. The summed E-state index contributed by atoms with van der Waals surface area (Å²) in [6, 6.07) is 21.6. The molecule has 3 heteroatoms. The third-order valence-electron chi connectivity index (χ3n) is 5.60. The largest absolute Gasteiger partial charge is 0.460 e. The van der Waals surface area contributed by atoms with Crippen molar-refractivity contribution in [2.75, 3.05) is 0 Å². The van der Waals surface area contributed by atoms with E-state index in [2.05, 4.69) is 66.4 Å². The van der Waals surface area contributed by atoms with Crippen LogP contribution >= 0.6 is 0 Å². The molecule has 1 aliphatic carbocycles. The maximum Gasteiger partial charge on any atom is 0.311 e. The number of ether oxygens (including phenoxy) is 1. The van der Waals surface area contributed by atoms with Crippen LogP contribution in [0.25, 0.3) is 0 Å². The summed E-state index contributed by atoms with van der Waals surface area (Å²) in [6.45, 7) is 8.93. The molecule has 0 heterocycles. The van der Waals surface area contributed by atoms with Crippen LogP contribution in [-0.4, -0.2) is 22.5 Å². The van der Waals surface area contributed by atoms with E-state index in [9.17, 15) is 4.79 Å². The van der Waals surface area contributed by atoms with Gasteiger partial charge in [-0.05, 0) is 51.7 Å². The second kappa shape index (κ2) is 8.91. The third kappa shape index (κ3) is 5.23. The van der Waals surface area contributed by atoms with Crippen LogP contribution in [0.2, 0.25) is 0 Å². The van der Waals surface area contributed by atoms with E-state index in [4.69, 9.17) is 4.74 Å². The van der Waals surface area contributed by atoms with E-state index in [1.54, 1.807) is 0 Å². The average molecular weight is 380 g/mol. The number of carbonyl (C=O) groups excluding carboxylic acids is 1. The molecule has 1 unspecified atom stereocenters. The monoisotopic (exact) mass is 379 g/mol. The summed E-state index contributed by atoms with van der Waals surface area (Å²) in [6.07, 6.45) is 3.02. The summed E-state index contributed by atoms with van der Waals surface area (Å²) in [5, 5.41) is 0. The molecule has 1 aliphatic rings. The summed E-state index contributed by atoms with van der Waals surface area (Å²) in [5.74, 6) is -0.109. The molecule has 2 aromatic rings. The van der Waals surface area contributed by atoms with Crippen molar-refractivity contribution in [2.24, 2.45) is 5.92 Å². The van der Waals surface area contributed by atoms with E-state index in [-0.39, 0.29) is 24.0 Å². The van der Waals surface area contributed by atoms with Gasteiger partial charge in [0, 0.05) is 18.6 Å². The number of rotatable bonds is 6. The predicted molar refractivity (Wildman–Crippen MR) is 114 cm³/mol. The van der Waals surface area contributed by atoms with Gasteiger partial charge < -0.3 is 4.74 Å². The van der Waals surface area contributed by atoms with Crippen LogP contribution in [0.15, 0.2) is 60.7 Å². The zero-order valence-electron chi connectivity index (χ0n) is 17.6. The van der Waals surface area contributed by atoms with Crippen molar-refractivity contribution in [2.45, 2.75) is 71.2 Å². The highest BCUT2D eigenvalue weighted by Crippen LogP contribution is 2.37. The van der Waals surface area contributed by atoms with Crippen molar-refractivity contribution >= 4 is 5.97 Å². The number of carbonyl (C=O) groups is 1. The standard InChI is InChI=1S/C25H33NO2/c1-19(21-14-9-6-10-15-21)26(18-20-12-7-5-8-13-20)23-17-11-16-22(23)24(27)28-25(2,3)4/h5-10,12-15,19,22-23H,11,16-18H2,1-4H3/t19-,22+,23?/m0/s1. The quantitative estimate of drug-likeness (QED) is 0.598. The van der Waals surface area contributed by atoms with Crippen LogP contribution in [0.5, 0.6) is 0 Å². The molecule has 0 radical (unpaired) electrons. The third-order valence-corrected chi connectivity index (χ3v) is 5.60. The second-order valence-electron chi connectivity index (χ2n) is 8.88. The van der Waals surface area contributed by atoms with Crippen LogP contribution in [0.1, 0.15) is 64.1 Å². The lowest BCUT2D eigenvalue weighted by atomic mass is 9.96. The maximum absolute atomic E-state index is 12.9. The van der Waals surface area contributed by atoms with Crippen molar-refractivity contribution in [1.82, 2.24) is 4.90 Å². The van der Waals surface area contributed by atoms with E-state index in [1.807, 2.05) is 26.8 Å². The van der Waals surface area contributed by atoms with E-state index in [1.165, 1.54) is 11.1 Å². The summed E-state index contributed by atoms with van der Waals surface area (Å²) >= 11 is 0. The van der Waals surface area contributed by atoms with Gasteiger partial charge in [-0.1, -0.05) is 67.1 Å². The lowest BCUT2D eigenvalue weighted by Gasteiger charge is -2.38. The molecule has 0 spiro atoms. The molecule has 0 aliphatic heterocycles. The van der Waals surface area contributed by atoms with Gasteiger partial charge in [-0.2, -0.15) is 0 Å². The topological polar surface area (TPSA) is 29.5 Å². The van der Waals surface area contributed by atoms with Gasteiger partial charge in [0.25, 0.3) is 0 Å². The fourth-order valence-corrected chi connectivity index (χ4v) is 4.25. The van der Waals surface area contributed by atoms with Crippen LogP contribution < -0.4 is 0 Å². The fourth-order valence-electron chi connectivity index (χ4n) is 4.25. The Hall–Kier alpha value is -2.13. The highest BCUT2D eigenvalue weighted by Gasteiger charge is 2.40. The highest BCUT2D eigenvalue weighted by molar-refractivity contribution is 5.74. The molecule has 0 aromatic heterocycles. The van der Waals surface area contributed by atoms with Gasteiger partial charge in [-0.15, -0.1) is 0 Å². The molecule has 28 heavy (non-hydrogen) atoms. The molecule has 150 valence electrons. The molecule has 1 saturated carbocycles. The SMILES string of the molecule is C[C@@H](c1ccccc1)N(Cc1ccccc1)C1CCC[C@H]1C(=O)OC(C)(C)C. The Labute approximate surface area is 169 Å². The zero-order chi connectivity index (χ0) is 20.1. The molecule has 0 amide bonds.